The summed E-state index contributed by atoms with van der Waals surface area (Å²) in [4.78, 5) is 0.0183. The number of benzene rings is 1. The second-order valence-electron chi connectivity index (χ2n) is 4.43. The number of aryl methyl sites for hydroxylation is 1. The van der Waals surface area contributed by atoms with Crippen molar-refractivity contribution >= 4 is 26.0 Å². The molecule has 0 amide bonds. The summed E-state index contributed by atoms with van der Waals surface area (Å²) in [6.45, 7) is 1.65. The van der Waals surface area contributed by atoms with Crippen molar-refractivity contribution < 1.29 is 12.8 Å². The van der Waals surface area contributed by atoms with Gasteiger partial charge in [0.2, 0.25) is 10.0 Å². The van der Waals surface area contributed by atoms with Crippen LogP contribution >= 0.6 is 15.9 Å². The highest BCUT2D eigenvalue weighted by Gasteiger charge is 2.45. The van der Waals surface area contributed by atoms with Gasteiger partial charge in [0.05, 0.1) is 4.90 Å². The maximum atomic E-state index is 13.1. The Morgan fingerprint density at radius 3 is 2.65 bits per heavy atom. The molecule has 1 saturated carbocycles. The van der Waals surface area contributed by atoms with Gasteiger partial charge >= 0.3 is 0 Å². The molecule has 2 rings (SSSR count). The predicted molar refractivity (Wildman–Crippen MR) is 67.2 cm³/mol. The standard InChI is InChI=1S/C11H13BrFNO2S/c1-8-2-3-9(13)6-10(8)17(15,16)14-11(7-12)4-5-11/h2-3,6,14H,4-5,7H2,1H3. The summed E-state index contributed by atoms with van der Waals surface area (Å²) in [6, 6.07) is 3.78. The van der Waals surface area contributed by atoms with Gasteiger partial charge in [-0.05, 0) is 37.5 Å². The molecule has 0 unspecified atom stereocenters. The van der Waals surface area contributed by atoms with Crippen LogP contribution in [0.25, 0.3) is 0 Å². The Morgan fingerprint density at radius 1 is 1.47 bits per heavy atom. The Kier molecular flexibility index (Phi) is 3.31. The second-order valence-corrected chi connectivity index (χ2v) is 6.64. The maximum Gasteiger partial charge on any atom is 0.241 e. The minimum absolute atomic E-state index is 0.0183. The molecular weight excluding hydrogens is 309 g/mol. The first-order chi connectivity index (χ1) is 7.88. The average molecular weight is 322 g/mol. The van der Waals surface area contributed by atoms with Crippen molar-refractivity contribution in [2.75, 3.05) is 5.33 Å². The van der Waals surface area contributed by atoms with Crippen LogP contribution in [0, 0.1) is 12.7 Å². The van der Waals surface area contributed by atoms with Crippen LogP contribution in [-0.2, 0) is 10.0 Å². The van der Waals surface area contributed by atoms with Crippen LogP contribution < -0.4 is 4.72 Å². The number of hydrogen-bond acceptors (Lipinski definition) is 2. The molecular formula is C11H13BrFNO2S. The molecule has 1 aliphatic carbocycles. The highest BCUT2D eigenvalue weighted by molar-refractivity contribution is 9.09. The Labute approximate surface area is 109 Å². The van der Waals surface area contributed by atoms with Crippen molar-refractivity contribution in [2.45, 2.75) is 30.2 Å². The third-order valence-corrected chi connectivity index (χ3v) is 5.69. The first-order valence-corrected chi connectivity index (χ1v) is 7.85. The molecule has 6 heteroatoms. The number of halogens is 2. The lowest BCUT2D eigenvalue weighted by Crippen LogP contribution is -2.38. The summed E-state index contributed by atoms with van der Waals surface area (Å²) in [5, 5.41) is 0.577. The van der Waals surface area contributed by atoms with E-state index in [0.29, 0.717) is 10.9 Å². The van der Waals surface area contributed by atoms with Crippen LogP contribution in [-0.4, -0.2) is 19.3 Å². The molecule has 0 heterocycles. The molecule has 1 aliphatic rings. The van der Waals surface area contributed by atoms with Crippen LogP contribution in [0.4, 0.5) is 4.39 Å². The van der Waals surface area contributed by atoms with Crippen molar-refractivity contribution in [3.8, 4) is 0 Å². The van der Waals surface area contributed by atoms with Gasteiger partial charge in [-0.3, -0.25) is 0 Å². The second kappa shape index (κ2) is 4.33. The fourth-order valence-electron chi connectivity index (χ4n) is 1.62. The minimum Gasteiger partial charge on any atom is -0.207 e. The Bertz CT molecular complexity index is 540. The van der Waals surface area contributed by atoms with Gasteiger partial charge in [-0.1, -0.05) is 22.0 Å². The lowest BCUT2D eigenvalue weighted by atomic mass is 10.2. The van der Waals surface area contributed by atoms with Gasteiger partial charge in [0.25, 0.3) is 0 Å². The lowest BCUT2D eigenvalue weighted by Gasteiger charge is -2.15. The number of alkyl halides is 1. The minimum atomic E-state index is -3.64. The van der Waals surface area contributed by atoms with E-state index >= 15 is 0 Å². The normalized spacial score (nSPS) is 18.1. The van der Waals surface area contributed by atoms with Crippen LogP contribution in [0.15, 0.2) is 23.1 Å². The molecule has 1 aromatic carbocycles. The summed E-state index contributed by atoms with van der Waals surface area (Å²) < 4.78 is 40.0. The van der Waals surface area contributed by atoms with Crippen LogP contribution in [0.1, 0.15) is 18.4 Å². The molecule has 0 radical (unpaired) electrons. The van der Waals surface area contributed by atoms with E-state index in [2.05, 4.69) is 20.7 Å². The summed E-state index contributed by atoms with van der Waals surface area (Å²) in [5.41, 5.74) is 0.168. The molecule has 1 aromatic rings. The molecule has 1 N–H and O–H groups in total. The van der Waals surface area contributed by atoms with Gasteiger partial charge in [-0.25, -0.2) is 17.5 Å². The van der Waals surface area contributed by atoms with Gasteiger partial charge < -0.3 is 0 Å². The summed E-state index contributed by atoms with van der Waals surface area (Å²) in [5.74, 6) is -0.542. The van der Waals surface area contributed by atoms with Gasteiger partial charge in [0.15, 0.2) is 0 Å². The molecule has 0 bridgehead atoms. The molecule has 0 aromatic heterocycles. The van der Waals surface area contributed by atoms with E-state index < -0.39 is 15.8 Å². The van der Waals surface area contributed by atoms with Crippen molar-refractivity contribution in [3.05, 3.63) is 29.6 Å². The smallest absolute Gasteiger partial charge is 0.207 e. The van der Waals surface area contributed by atoms with E-state index in [1.54, 1.807) is 6.92 Å². The van der Waals surface area contributed by atoms with E-state index in [0.717, 1.165) is 18.9 Å². The quantitative estimate of drug-likeness (QED) is 0.865. The summed E-state index contributed by atoms with van der Waals surface area (Å²) in [6.07, 6.45) is 1.62. The van der Waals surface area contributed by atoms with Crippen molar-refractivity contribution in [2.24, 2.45) is 0 Å². The van der Waals surface area contributed by atoms with Crippen LogP contribution in [0.5, 0.6) is 0 Å². The number of hydrogen-bond donors (Lipinski definition) is 1. The highest BCUT2D eigenvalue weighted by Crippen LogP contribution is 2.38. The SMILES string of the molecule is Cc1ccc(F)cc1S(=O)(=O)NC1(CBr)CC1. The lowest BCUT2D eigenvalue weighted by molar-refractivity contribution is 0.557. The first kappa shape index (κ1) is 13.0. The van der Waals surface area contributed by atoms with E-state index in [-0.39, 0.29) is 10.4 Å². The number of nitrogens with one attached hydrogen (secondary N) is 1. The van der Waals surface area contributed by atoms with E-state index in [9.17, 15) is 12.8 Å². The highest BCUT2D eigenvalue weighted by atomic mass is 79.9. The molecule has 17 heavy (non-hydrogen) atoms. The largest absolute Gasteiger partial charge is 0.241 e. The van der Waals surface area contributed by atoms with Gasteiger partial charge in [0, 0.05) is 10.9 Å². The fourth-order valence-corrected chi connectivity index (χ4v) is 4.22. The van der Waals surface area contributed by atoms with Gasteiger partial charge in [0.1, 0.15) is 5.82 Å². The number of rotatable bonds is 4. The monoisotopic (exact) mass is 321 g/mol. The molecule has 0 spiro atoms. The topological polar surface area (TPSA) is 46.2 Å². The van der Waals surface area contributed by atoms with E-state index in [4.69, 9.17) is 0 Å². The Hall–Kier alpha value is -0.460. The molecule has 94 valence electrons. The van der Waals surface area contributed by atoms with Crippen LogP contribution in [0.3, 0.4) is 0 Å². The number of sulfonamides is 1. The zero-order valence-electron chi connectivity index (χ0n) is 9.33. The summed E-state index contributed by atoms with van der Waals surface area (Å²) >= 11 is 3.29. The molecule has 0 atom stereocenters. The van der Waals surface area contributed by atoms with Gasteiger partial charge in [-0.2, -0.15) is 0 Å². The van der Waals surface area contributed by atoms with E-state index in [1.807, 2.05) is 0 Å². The average Bonchev–Trinajstić information content (AvgIpc) is 3.01. The van der Waals surface area contributed by atoms with Crippen molar-refractivity contribution in [1.82, 2.24) is 4.72 Å². The molecule has 0 aliphatic heterocycles. The molecule has 0 saturated heterocycles. The van der Waals surface area contributed by atoms with Crippen LogP contribution in [0.2, 0.25) is 0 Å². The summed E-state index contributed by atoms with van der Waals surface area (Å²) in [7, 11) is -3.64. The Morgan fingerprint density at radius 2 is 2.12 bits per heavy atom. The van der Waals surface area contributed by atoms with E-state index in [1.165, 1.54) is 12.1 Å². The molecule has 1 fully saturated rings. The first-order valence-electron chi connectivity index (χ1n) is 5.25. The predicted octanol–water partition coefficient (Wildman–Crippen LogP) is 2.34. The zero-order chi connectivity index (χ0) is 12.7. The fraction of sp³-hybridized carbons (Fsp3) is 0.455. The third kappa shape index (κ3) is 2.69. The third-order valence-electron chi connectivity index (χ3n) is 2.90. The molecule has 3 nitrogen and oxygen atoms in total. The van der Waals surface area contributed by atoms with Gasteiger partial charge in [-0.15, -0.1) is 0 Å². The van der Waals surface area contributed by atoms with Crippen molar-refractivity contribution in [1.29, 1.82) is 0 Å². The zero-order valence-corrected chi connectivity index (χ0v) is 11.7. The van der Waals surface area contributed by atoms with Crippen molar-refractivity contribution in [3.63, 3.8) is 0 Å². The Balaban J connectivity index is 2.35. The maximum absolute atomic E-state index is 13.1.